The quantitative estimate of drug-likeness (QED) is 0.484. The van der Waals surface area contributed by atoms with Gasteiger partial charge in [0.25, 0.3) is 0 Å². The smallest absolute Gasteiger partial charge is 0.411 e. The molecule has 6 heteroatoms. The Morgan fingerprint density at radius 3 is 2.37 bits per heavy atom. The fourth-order valence-electron chi connectivity index (χ4n) is 3.14. The second kappa shape index (κ2) is 8.73. The van der Waals surface area contributed by atoms with Crippen molar-refractivity contribution in [3.8, 4) is 0 Å². The molecule has 0 bridgehead atoms. The minimum absolute atomic E-state index is 0.0477. The van der Waals surface area contributed by atoms with Crippen molar-refractivity contribution in [3.05, 3.63) is 71.8 Å². The molecule has 2 aromatic carbocycles. The Morgan fingerprint density at radius 1 is 1.15 bits per heavy atom. The first-order valence-corrected chi connectivity index (χ1v) is 10.2. The maximum Gasteiger partial charge on any atom is 0.411 e. The van der Waals surface area contributed by atoms with E-state index >= 15 is 0 Å². The molecule has 2 amide bonds. The molecule has 1 fully saturated rings. The zero-order valence-corrected chi connectivity index (χ0v) is 17.6. The highest BCUT2D eigenvalue weighted by Gasteiger charge is 2.42. The molecular formula is C21H23IN2O3. The molecule has 0 spiro atoms. The number of carbonyl (C=O) groups excluding carboxylic acids is 2. The van der Waals surface area contributed by atoms with Gasteiger partial charge in [-0.3, -0.25) is 9.69 Å². The van der Waals surface area contributed by atoms with Crippen molar-refractivity contribution in [1.82, 2.24) is 9.80 Å². The normalized spacial score (nSPS) is 21.1. The molecule has 0 aromatic heterocycles. The van der Waals surface area contributed by atoms with Crippen LogP contribution in [0.5, 0.6) is 0 Å². The summed E-state index contributed by atoms with van der Waals surface area (Å²) in [6.45, 7) is 4.32. The van der Waals surface area contributed by atoms with Gasteiger partial charge in [0, 0.05) is 0 Å². The van der Waals surface area contributed by atoms with E-state index in [1.165, 1.54) is 0 Å². The molecule has 0 radical (unpaired) electrons. The van der Waals surface area contributed by atoms with E-state index in [1.807, 2.05) is 74.5 Å². The third-order valence-electron chi connectivity index (χ3n) is 4.93. The zero-order chi connectivity index (χ0) is 19.4. The van der Waals surface area contributed by atoms with Crippen molar-refractivity contribution in [3.63, 3.8) is 0 Å². The van der Waals surface area contributed by atoms with Gasteiger partial charge >= 0.3 is 6.09 Å². The largest absolute Gasteiger partial charge is 0.444 e. The van der Waals surface area contributed by atoms with E-state index in [1.54, 1.807) is 9.80 Å². The first-order chi connectivity index (χ1) is 13.0. The van der Waals surface area contributed by atoms with Gasteiger partial charge in [0.15, 0.2) is 0 Å². The summed E-state index contributed by atoms with van der Waals surface area (Å²) in [4.78, 5) is 28.9. The van der Waals surface area contributed by atoms with Crippen LogP contribution in [0.25, 0.3) is 0 Å². The number of halogens is 1. The molecule has 0 saturated carbocycles. The van der Waals surface area contributed by atoms with Gasteiger partial charge in [-0.25, -0.2) is 4.79 Å². The van der Waals surface area contributed by atoms with Gasteiger partial charge in [-0.1, -0.05) is 83.3 Å². The third-order valence-corrected chi connectivity index (χ3v) is 6.50. The van der Waals surface area contributed by atoms with E-state index in [9.17, 15) is 9.59 Å². The number of benzene rings is 2. The second-order valence-electron chi connectivity index (χ2n) is 6.69. The number of ether oxygens (including phenoxy) is 1. The summed E-state index contributed by atoms with van der Waals surface area (Å²) in [5.74, 6) is 0.0477. The molecule has 5 nitrogen and oxygen atoms in total. The lowest BCUT2D eigenvalue weighted by Crippen LogP contribution is -2.60. The molecule has 1 aliphatic heterocycles. The fraction of sp³-hybridized carbons (Fsp3) is 0.333. The predicted molar refractivity (Wildman–Crippen MR) is 112 cm³/mol. The van der Waals surface area contributed by atoms with E-state index in [-0.39, 0.29) is 35.2 Å². The Bertz CT molecular complexity index is 785. The van der Waals surface area contributed by atoms with Crippen molar-refractivity contribution in [2.24, 2.45) is 0 Å². The van der Waals surface area contributed by atoms with E-state index in [4.69, 9.17) is 4.74 Å². The average molecular weight is 478 g/mol. The lowest BCUT2D eigenvalue weighted by molar-refractivity contribution is -0.140. The average Bonchev–Trinajstić information content (AvgIpc) is 2.71. The first-order valence-electron chi connectivity index (χ1n) is 8.96. The highest BCUT2D eigenvalue weighted by atomic mass is 127. The van der Waals surface area contributed by atoms with Gasteiger partial charge in [0.05, 0.1) is 18.8 Å². The van der Waals surface area contributed by atoms with Crippen LogP contribution in [0.15, 0.2) is 60.7 Å². The Labute approximate surface area is 173 Å². The number of nitrogens with zero attached hydrogens (tertiary/aromatic N) is 2. The van der Waals surface area contributed by atoms with E-state index in [2.05, 4.69) is 22.6 Å². The summed E-state index contributed by atoms with van der Waals surface area (Å²) in [6.07, 6.45) is -0.397. The van der Waals surface area contributed by atoms with Crippen LogP contribution < -0.4 is 0 Å². The van der Waals surface area contributed by atoms with Crippen LogP contribution in [0.3, 0.4) is 0 Å². The zero-order valence-electron chi connectivity index (χ0n) is 15.4. The van der Waals surface area contributed by atoms with Crippen LogP contribution >= 0.6 is 22.6 Å². The topological polar surface area (TPSA) is 49.9 Å². The summed E-state index contributed by atoms with van der Waals surface area (Å²) in [5.41, 5.74) is 1.98. The Balaban J connectivity index is 1.72. The van der Waals surface area contributed by atoms with Gasteiger partial charge in [-0.2, -0.15) is 0 Å². The molecule has 3 rings (SSSR count). The van der Waals surface area contributed by atoms with Gasteiger partial charge < -0.3 is 9.64 Å². The molecule has 2 aromatic rings. The molecule has 0 aliphatic carbocycles. The minimum atomic E-state index is -0.397. The number of hydrogen-bond donors (Lipinski definition) is 0. The molecule has 27 heavy (non-hydrogen) atoms. The van der Waals surface area contributed by atoms with Crippen LogP contribution in [0, 0.1) is 0 Å². The van der Waals surface area contributed by atoms with Crippen LogP contribution in [-0.2, 0) is 16.1 Å². The number of carbonyl (C=O) groups is 2. The monoisotopic (exact) mass is 478 g/mol. The molecular weight excluding hydrogens is 455 g/mol. The summed E-state index contributed by atoms with van der Waals surface area (Å²) in [5, 5.41) is 0. The predicted octanol–water partition coefficient (Wildman–Crippen LogP) is 4.38. The molecule has 3 atom stereocenters. The van der Waals surface area contributed by atoms with Gasteiger partial charge in [0.2, 0.25) is 5.91 Å². The van der Waals surface area contributed by atoms with Gasteiger partial charge in [-0.05, 0) is 25.0 Å². The standard InChI is InChI=1S/C21H23IN2O3/c1-15(18-11-7-4-8-12-18)23-14-24(16(2)19(22)20(23)25)21(26)27-13-17-9-5-3-6-10-17/h3-12,15-16,19H,13-14H2,1-2H3/t15-,16+,19+/m0/s1. The molecule has 1 saturated heterocycles. The van der Waals surface area contributed by atoms with E-state index in [0.29, 0.717) is 0 Å². The highest BCUT2D eigenvalue weighted by molar-refractivity contribution is 14.1. The Hall–Kier alpha value is -2.09. The summed E-state index contributed by atoms with van der Waals surface area (Å²) >= 11 is 2.12. The maximum absolute atomic E-state index is 12.8. The Kier molecular flexibility index (Phi) is 6.36. The van der Waals surface area contributed by atoms with Crippen molar-refractivity contribution < 1.29 is 14.3 Å². The van der Waals surface area contributed by atoms with Crippen molar-refractivity contribution in [2.75, 3.05) is 6.67 Å². The van der Waals surface area contributed by atoms with Crippen LogP contribution in [-0.4, -0.2) is 38.4 Å². The third kappa shape index (κ3) is 4.43. The lowest BCUT2D eigenvalue weighted by Gasteiger charge is -2.44. The molecule has 142 valence electrons. The van der Waals surface area contributed by atoms with Crippen molar-refractivity contribution in [2.45, 2.75) is 36.5 Å². The maximum atomic E-state index is 12.8. The van der Waals surface area contributed by atoms with E-state index in [0.717, 1.165) is 11.1 Å². The highest BCUT2D eigenvalue weighted by Crippen LogP contribution is 2.30. The van der Waals surface area contributed by atoms with Crippen LogP contribution in [0.1, 0.15) is 31.0 Å². The molecule has 0 N–H and O–H groups in total. The van der Waals surface area contributed by atoms with Crippen molar-refractivity contribution >= 4 is 34.6 Å². The van der Waals surface area contributed by atoms with Crippen LogP contribution in [0.4, 0.5) is 4.79 Å². The second-order valence-corrected chi connectivity index (χ2v) is 8.03. The number of rotatable bonds is 4. The lowest BCUT2D eigenvalue weighted by atomic mass is 10.0. The summed E-state index contributed by atoms with van der Waals surface area (Å²) in [6, 6.07) is 19.1. The molecule has 0 unspecified atom stereocenters. The fourth-order valence-corrected chi connectivity index (χ4v) is 3.88. The van der Waals surface area contributed by atoms with Crippen molar-refractivity contribution in [1.29, 1.82) is 0 Å². The summed E-state index contributed by atoms with van der Waals surface area (Å²) in [7, 11) is 0. The minimum Gasteiger partial charge on any atom is -0.444 e. The van der Waals surface area contributed by atoms with Crippen LogP contribution in [0.2, 0.25) is 0 Å². The van der Waals surface area contributed by atoms with E-state index < -0.39 is 6.09 Å². The molecule has 1 aliphatic rings. The number of amides is 2. The SMILES string of the molecule is C[C@@H]1[C@@H](I)C(=O)N([C@@H](C)c2ccccc2)CN1C(=O)OCc1ccccc1. The number of hydrogen-bond acceptors (Lipinski definition) is 3. The Morgan fingerprint density at radius 2 is 1.74 bits per heavy atom. The van der Waals surface area contributed by atoms with Gasteiger partial charge in [-0.15, -0.1) is 0 Å². The summed E-state index contributed by atoms with van der Waals surface area (Å²) < 4.78 is 5.19. The molecule has 1 heterocycles. The number of alkyl halides is 1. The van der Waals surface area contributed by atoms with Gasteiger partial charge in [0.1, 0.15) is 10.5 Å². The first kappa shape index (κ1) is 19.7.